The van der Waals surface area contributed by atoms with Gasteiger partial charge < -0.3 is 10.1 Å². The van der Waals surface area contributed by atoms with E-state index in [-0.39, 0.29) is 12.1 Å². The van der Waals surface area contributed by atoms with Crippen LogP contribution in [0.1, 0.15) is 24.5 Å². The van der Waals surface area contributed by atoms with Crippen LogP contribution < -0.4 is 10.1 Å². The zero-order chi connectivity index (χ0) is 13.3. The Morgan fingerprint density at radius 2 is 2.17 bits per heavy atom. The fourth-order valence-electron chi connectivity index (χ4n) is 2.24. The van der Waals surface area contributed by atoms with Crippen molar-refractivity contribution >= 4 is 0 Å². The second-order valence-electron chi connectivity index (χ2n) is 4.65. The molecule has 2 atom stereocenters. The standard InChI is InChI=1S/C13H16F3NO/c1-8(17-2)6-9-7-10-11(13(14,15)16)4-3-5-12(10)18-9/h3-5,8-9,17H,6-7H2,1-2H3. The first-order valence-electron chi connectivity index (χ1n) is 5.95. The molecule has 0 fully saturated rings. The van der Waals surface area contributed by atoms with Crippen LogP contribution in [0.5, 0.6) is 5.75 Å². The van der Waals surface area contributed by atoms with E-state index < -0.39 is 11.7 Å². The molecule has 1 N–H and O–H groups in total. The number of fused-ring (bicyclic) bond motifs is 1. The van der Waals surface area contributed by atoms with Crippen molar-refractivity contribution < 1.29 is 17.9 Å². The lowest BCUT2D eigenvalue weighted by atomic mass is 10.00. The first-order chi connectivity index (χ1) is 8.41. The van der Waals surface area contributed by atoms with Crippen LogP contribution in [-0.2, 0) is 12.6 Å². The predicted octanol–water partition coefficient (Wildman–Crippen LogP) is 3.01. The number of hydrogen-bond donors (Lipinski definition) is 1. The van der Waals surface area contributed by atoms with Gasteiger partial charge in [0.2, 0.25) is 0 Å². The number of ether oxygens (including phenoxy) is 1. The minimum absolute atomic E-state index is 0.175. The average Bonchev–Trinajstić information content (AvgIpc) is 2.68. The topological polar surface area (TPSA) is 21.3 Å². The number of halogens is 3. The first kappa shape index (κ1) is 13.2. The molecular formula is C13H16F3NO. The van der Waals surface area contributed by atoms with E-state index in [1.54, 1.807) is 6.07 Å². The van der Waals surface area contributed by atoms with E-state index in [1.807, 2.05) is 14.0 Å². The lowest BCUT2D eigenvalue weighted by molar-refractivity contribution is -0.138. The molecule has 0 saturated heterocycles. The van der Waals surface area contributed by atoms with Crippen molar-refractivity contribution in [2.75, 3.05) is 7.05 Å². The van der Waals surface area contributed by atoms with E-state index in [9.17, 15) is 13.2 Å². The van der Waals surface area contributed by atoms with Crippen LogP contribution in [0.2, 0.25) is 0 Å². The minimum Gasteiger partial charge on any atom is -0.490 e. The second kappa shape index (κ2) is 4.80. The van der Waals surface area contributed by atoms with Crippen molar-refractivity contribution in [3.05, 3.63) is 29.3 Å². The van der Waals surface area contributed by atoms with Crippen molar-refractivity contribution in [2.45, 2.75) is 38.1 Å². The Bertz CT molecular complexity index is 431. The van der Waals surface area contributed by atoms with Gasteiger partial charge >= 0.3 is 6.18 Å². The summed E-state index contributed by atoms with van der Waals surface area (Å²) in [6.45, 7) is 1.98. The van der Waals surface area contributed by atoms with Crippen LogP contribution in [0.15, 0.2) is 18.2 Å². The van der Waals surface area contributed by atoms with Crippen LogP contribution in [0.3, 0.4) is 0 Å². The summed E-state index contributed by atoms with van der Waals surface area (Å²) in [4.78, 5) is 0. The maximum atomic E-state index is 12.8. The SMILES string of the molecule is CNC(C)CC1Cc2c(cccc2C(F)(F)F)O1. The molecule has 100 valence electrons. The van der Waals surface area contributed by atoms with Gasteiger partial charge in [0.1, 0.15) is 11.9 Å². The molecule has 0 amide bonds. The maximum absolute atomic E-state index is 12.8. The second-order valence-corrected chi connectivity index (χ2v) is 4.65. The molecule has 1 aromatic rings. The van der Waals surface area contributed by atoms with Gasteiger partial charge in [0.05, 0.1) is 5.56 Å². The molecule has 1 aromatic carbocycles. The van der Waals surface area contributed by atoms with Crippen molar-refractivity contribution in [2.24, 2.45) is 0 Å². The van der Waals surface area contributed by atoms with Crippen molar-refractivity contribution in [1.29, 1.82) is 0 Å². The number of alkyl halides is 3. The highest BCUT2D eigenvalue weighted by Crippen LogP contribution is 2.40. The number of hydrogen-bond acceptors (Lipinski definition) is 2. The Morgan fingerprint density at radius 1 is 1.44 bits per heavy atom. The van der Waals surface area contributed by atoms with E-state index in [4.69, 9.17) is 4.74 Å². The Kier molecular flexibility index (Phi) is 3.52. The molecule has 5 heteroatoms. The third-order valence-corrected chi connectivity index (χ3v) is 3.27. The highest BCUT2D eigenvalue weighted by molar-refractivity contribution is 5.45. The highest BCUT2D eigenvalue weighted by Gasteiger charge is 2.37. The summed E-state index contributed by atoms with van der Waals surface area (Å²) >= 11 is 0. The summed E-state index contributed by atoms with van der Waals surface area (Å²) in [5.41, 5.74) is -0.280. The third kappa shape index (κ3) is 2.61. The van der Waals surface area contributed by atoms with Gasteiger partial charge in [0.15, 0.2) is 0 Å². The van der Waals surface area contributed by atoms with Crippen LogP contribution in [0.4, 0.5) is 13.2 Å². The molecule has 2 rings (SSSR count). The van der Waals surface area contributed by atoms with Gasteiger partial charge in [-0.1, -0.05) is 6.07 Å². The fourth-order valence-corrected chi connectivity index (χ4v) is 2.24. The lowest BCUT2D eigenvalue weighted by Gasteiger charge is -2.15. The molecule has 0 saturated carbocycles. The van der Waals surface area contributed by atoms with Crippen molar-refractivity contribution in [3.63, 3.8) is 0 Å². The van der Waals surface area contributed by atoms with Crippen LogP contribution in [0.25, 0.3) is 0 Å². The van der Waals surface area contributed by atoms with Gasteiger partial charge in [-0.3, -0.25) is 0 Å². The number of benzene rings is 1. The van der Waals surface area contributed by atoms with Gasteiger partial charge in [-0.05, 0) is 32.5 Å². The normalized spacial score (nSPS) is 20.4. The predicted molar refractivity (Wildman–Crippen MR) is 62.7 cm³/mol. The van der Waals surface area contributed by atoms with Crippen LogP contribution in [-0.4, -0.2) is 19.2 Å². The Balaban J connectivity index is 2.19. The molecule has 0 aromatic heterocycles. The van der Waals surface area contributed by atoms with Crippen LogP contribution in [0, 0.1) is 0 Å². The summed E-state index contributed by atoms with van der Waals surface area (Å²) in [6.07, 6.45) is -3.46. The van der Waals surface area contributed by atoms with Gasteiger partial charge in [0, 0.05) is 18.0 Å². The summed E-state index contributed by atoms with van der Waals surface area (Å²) < 4.78 is 44.1. The minimum atomic E-state index is -4.31. The summed E-state index contributed by atoms with van der Waals surface area (Å²) in [5.74, 6) is 0.373. The molecule has 0 aliphatic carbocycles. The average molecular weight is 259 g/mol. The Hall–Kier alpha value is -1.23. The molecule has 18 heavy (non-hydrogen) atoms. The Morgan fingerprint density at radius 3 is 2.78 bits per heavy atom. The molecule has 1 heterocycles. The van der Waals surface area contributed by atoms with E-state index in [0.717, 1.165) is 6.07 Å². The van der Waals surface area contributed by atoms with E-state index >= 15 is 0 Å². The maximum Gasteiger partial charge on any atom is 0.416 e. The summed E-state index contributed by atoms with van der Waals surface area (Å²) in [6, 6.07) is 4.34. The molecule has 1 aliphatic heterocycles. The molecule has 0 bridgehead atoms. The molecule has 2 unspecified atom stereocenters. The molecule has 0 radical (unpaired) electrons. The largest absolute Gasteiger partial charge is 0.490 e. The third-order valence-electron chi connectivity index (χ3n) is 3.27. The van der Waals surface area contributed by atoms with Gasteiger partial charge in [0.25, 0.3) is 0 Å². The fraction of sp³-hybridized carbons (Fsp3) is 0.538. The molecule has 0 spiro atoms. The van der Waals surface area contributed by atoms with Crippen molar-refractivity contribution in [3.8, 4) is 5.75 Å². The summed E-state index contributed by atoms with van der Waals surface area (Å²) in [7, 11) is 1.83. The molecule has 2 nitrogen and oxygen atoms in total. The zero-order valence-corrected chi connectivity index (χ0v) is 10.3. The highest BCUT2D eigenvalue weighted by atomic mass is 19.4. The number of nitrogens with one attached hydrogen (secondary N) is 1. The van der Waals surface area contributed by atoms with E-state index in [0.29, 0.717) is 24.2 Å². The van der Waals surface area contributed by atoms with Gasteiger partial charge in [-0.25, -0.2) is 0 Å². The smallest absolute Gasteiger partial charge is 0.416 e. The van der Waals surface area contributed by atoms with E-state index in [1.165, 1.54) is 6.07 Å². The van der Waals surface area contributed by atoms with E-state index in [2.05, 4.69) is 5.32 Å². The Labute approximate surface area is 104 Å². The van der Waals surface area contributed by atoms with Gasteiger partial charge in [-0.2, -0.15) is 13.2 Å². The van der Waals surface area contributed by atoms with Crippen LogP contribution >= 0.6 is 0 Å². The zero-order valence-electron chi connectivity index (χ0n) is 10.3. The molecular weight excluding hydrogens is 243 g/mol. The summed E-state index contributed by atoms with van der Waals surface area (Å²) in [5, 5.41) is 3.06. The van der Waals surface area contributed by atoms with Crippen molar-refractivity contribution in [1.82, 2.24) is 5.32 Å². The lowest BCUT2D eigenvalue weighted by Crippen LogP contribution is -2.28. The number of rotatable bonds is 3. The quantitative estimate of drug-likeness (QED) is 0.901. The molecule has 1 aliphatic rings. The van der Waals surface area contributed by atoms with Gasteiger partial charge in [-0.15, -0.1) is 0 Å². The monoisotopic (exact) mass is 259 g/mol. The first-order valence-corrected chi connectivity index (χ1v) is 5.95.